The molecule has 1 saturated heterocycles. The Kier molecular flexibility index (Phi) is 6.68. The molecular formula is C27H34N4O8. The normalized spacial score (nSPS) is 34.8. The molecule has 7 N–H and O–H groups in total. The molecule has 5 rings (SSSR count). The third-order valence-electron chi connectivity index (χ3n) is 8.85. The summed E-state index contributed by atoms with van der Waals surface area (Å²) in [6, 6.07) is -1.10. The summed E-state index contributed by atoms with van der Waals surface area (Å²) in [5.74, 6) is -8.56. The van der Waals surface area contributed by atoms with Crippen LogP contribution >= 0.6 is 0 Å². The van der Waals surface area contributed by atoms with Gasteiger partial charge >= 0.3 is 0 Å². The minimum Gasteiger partial charge on any atom is -0.509 e. The first-order valence-electron chi connectivity index (χ1n) is 13.2. The van der Waals surface area contributed by atoms with E-state index in [0.29, 0.717) is 6.42 Å². The summed E-state index contributed by atoms with van der Waals surface area (Å²) < 4.78 is 0. The average Bonchev–Trinajstić information content (AvgIpc) is 3.35. The van der Waals surface area contributed by atoms with Crippen molar-refractivity contribution >= 4 is 23.4 Å². The molecule has 1 saturated carbocycles. The molecule has 0 aromatic heterocycles. The Labute approximate surface area is 225 Å². The van der Waals surface area contributed by atoms with Gasteiger partial charge in [0.2, 0.25) is 5.91 Å². The molecule has 39 heavy (non-hydrogen) atoms. The number of allylic oxidation sites excluding steroid dienone is 4. The topological polar surface area (TPSA) is 194 Å². The molecule has 5 aliphatic rings. The molecule has 12 heteroatoms. The summed E-state index contributed by atoms with van der Waals surface area (Å²) in [6.07, 6.45) is 5.69. The lowest BCUT2D eigenvalue weighted by Gasteiger charge is -2.51. The Bertz CT molecular complexity index is 1270. The maximum Gasteiger partial charge on any atom is 0.255 e. The first kappa shape index (κ1) is 27.1. The maximum absolute atomic E-state index is 13.8. The smallest absolute Gasteiger partial charge is 0.255 e. The number of rotatable bonds is 5. The molecule has 1 heterocycles. The van der Waals surface area contributed by atoms with Crippen molar-refractivity contribution in [2.45, 2.75) is 37.3 Å². The fourth-order valence-electron chi connectivity index (χ4n) is 7.07. The molecule has 12 nitrogen and oxygen atoms in total. The van der Waals surface area contributed by atoms with E-state index in [-0.39, 0.29) is 35.9 Å². The Morgan fingerprint density at radius 2 is 1.77 bits per heavy atom. The van der Waals surface area contributed by atoms with Crippen molar-refractivity contribution < 1.29 is 39.6 Å². The SMILES string of the molecule is CN(C)[C@@H]1C(=O)C(C(N)=O)=C(O)[C@@]2(O)C(O)=C3C(=O)C4C(O)=C(NC(=O)CN5CCCC5)C=CC4CC3CC12. The van der Waals surface area contributed by atoms with Crippen molar-refractivity contribution in [3.8, 4) is 0 Å². The number of hydrogen-bond acceptors (Lipinski definition) is 10. The van der Waals surface area contributed by atoms with Gasteiger partial charge in [0.1, 0.15) is 22.9 Å². The third kappa shape index (κ3) is 4.09. The maximum atomic E-state index is 13.8. The number of fused-ring (bicyclic) bond motifs is 3. The summed E-state index contributed by atoms with van der Waals surface area (Å²) >= 11 is 0. The van der Waals surface area contributed by atoms with E-state index in [9.17, 15) is 39.6 Å². The van der Waals surface area contributed by atoms with Gasteiger partial charge in [-0.15, -0.1) is 0 Å². The highest BCUT2D eigenvalue weighted by molar-refractivity contribution is 6.22. The number of nitrogens with zero attached hydrogens (tertiary/aromatic N) is 2. The van der Waals surface area contributed by atoms with Crippen LogP contribution in [0.3, 0.4) is 0 Å². The number of nitrogens with one attached hydrogen (secondary N) is 1. The zero-order chi connectivity index (χ0) is 28.4. The van der Waals surface area contributed by atoms with Crippen LogP contribution in [0.15, 0.2) is 46.3 Å². The van der Waals surface area contributed by atoms with Crippen LogP contribution in [0, 0.1) is 23.7 Å². The minimum atomic E-state index is -2.60. The number of aliphatic hydroxyl groups is 4. The molecule has 0 aromatic rings. The highest BCUT2D eigenvalue weighted by Gasteiger charge is 2.63. The Morgan fingerprint density at radius 1 is 1.10 bits per heavy atom. The van der Waals surface area contributed by atoms with E-state index >= 15 is 0 Å². The largest absolute Gasteiger partial charge is 0.509 e. The average molecular weight is 543 g/mol. The van der Waals surface area contributed by atoms with E-state index in [1.165, 1.54) is 4.90 Å². The number of likely N-dealkylation sites (tertiary alicyclic amines) is 1. The lowest BCUT2D eigenvalue weighted by molar-refractivity contribution is -0.138. The molecule has 210 valence electrons. The molecule has 6 atom stereocenters. The van der Waals surface area contributed by atoms with E-state index in [1.807, 2.05) is 4.90 Å². The van der Waals surface area contributed by atoms with Crippen molar-refractivity contribution in [1.29, 1.82) is 0 Å². The fourth-order valence-corrected chi connectivity index (χ4v) is 7.07. The lowest BCUT2D eigenvalue weighted by Crippen LogP contribution is -2.63. The lowest BCUT2D eigenvalue weighted by atomic mass is 9.56. The predicted octanol–water partition coefficient (Wildman–Crippen LogP) is -0.267. The first-order chi connectivity index (χ1) is 18.4. The molecular weight excluding hydrogens is 508 g/mol. The van der Waals surface area contributed by atoms with E-state index in [2.05, 4.69) is 5.32 Å². The summed E-state index contributed by atoms with van der Waals surface area (Å²) in [7, 11) is 3.13. The van der Waals surface area contributed by atoms with Crippen LogP contribution in [0.5, 0.6) is 0 Å². The molecule has 0 bridgehead atoms. The van der Waals surface area contributed by atoms with Crippen LogP contribution < -0.4 is 11.1 Å². The molecule has 2 amide bonds. The molecule has 4 aliphatic carbocycles. The quantitative estimate of drug-likeness (QED) is 0.252. The van der Waals surface area contributed by atoms with Crippen LogP contribution in [-0.4, -0.2) is 99.0 Å². The summed E-state index contributed by atoms with van der Waals surface area (Å²) in [5, 5.41) is 47.7. The predicted molar refractivity (Wildman–Crippen MR) is 137 cm³/mol. The van der Waals surface area contributed by atoms with Gasteiger partial charge in [-0.05, 0) is 70.8 Å². The summed E-state index contributed by atoms with van der Waals surface area (Å²) in [6.45, 7) is 1.79. The standard InChI is InChI=1S/C27H34N4O8/c1-30(2)20-14-10-13-9-12-5-6-15(29-16(32)11-31-7-3-4-8-31)21(33)17(12)22(34)18(13)24(36)27(14,39)25(37)19(23(20)35)26(28)38/h5-6,12-14,17,20,33,36-37,39H,3-4,7-11H2,1-2H3,(H2,28,38)(H,29,32)/t12?,13?,14?,17?,20-,27-/m0/s1. The molecule has 0 radical (unpaired) electrons. The Balaban J connectivity index is 1.52. The molecule has 2 fully saturated rings. The van der Waals surface area contributed by atoms with Gasteiger partial charge in [-0.2, -0.15) is 0 Å². The van der Waals surface area contributed by atoms with Gasteiger partial charge in [0, 0.05) is 11.5 Å². The van der Waals surface area contributed by atoms with Gasteiger partial charge < -0.3 is 31.5 Å². The third-order valence-corrected chi connectivity index (χ3v) is 8.85. The number of primary amides is 1. The van der Waals surface area contributed by atoms with Crippen molar-refractivity contribution in [2.24, 2.45) is 29.4 Å². The van der Waals surface area contributed by atoms with Gasteiger partial charge in [0.05, 0.1) is 24.2 Å². The van der Waals surface area contributed by atoms with Crippen LogP contribution in [0.25, 0.3) is 0 Å². The van der Waals surface area contributed by atoms with Crippen molar-refractivity contribution in [3.63, 3.8) is 0 Å². The number of amides is 2. The molecule has 4 unspecified atom stereocenters. The number of aliphatic hydroxyl groups excluding tert-OH is 3. The van der Waals surface area contributed by atoms with Crippen LogP contribution in [-0.2, 0) is 19.2 Å². The molecule has 0 aromatic carbocycles. The van der Waals surface area contributed by atoms with Crippen molar-refractivity contribution in [2.75, 3.05) is 33.7 Å². The second kappa shape index (κ2) is 9.61. The highest BCUT2D eigenvalue weighted by Crippen LogP contribution is 2.54. The van der Waals surface area contributed by atoms with E-state index in [1.54, 1.807) is 26.2 Å². The number of Topliss-reactive ketones (excluding diaryl/α,β-unsaturated/α-hetero) is 2. The first-order valence-corrected chi connectivity index (χ1v) is 13.2. The van der Waals surface area contributed by atoms with Crippen molar-refractivity contribution in [3.05, 3.63) is 46.3 Å². The Morgan fingerprint density at radius 3 is 2.38 bits per heavy atom. The van der Waals surface area contributed by atoms with Crippen molar-refractivity contribution in [1.82, 2.24) is 15.1 Å². The van der Waals surface area contributed by atoms with E-state index < -0.39 is 69.9 Å². The molecule has 1 aliphatic heterocycles. The zero-order valence-electron chi connectivity index (χ0n) is 21.9. The van der Waals surface area contributed by atoms with Gasteiger partial charge in [-0.25, -0.2) is 0 Å². The van der Waals surface area contributed by atoms with Gasteiger partial charge in [-0.3, -0.25) is 29.0 Å². The van der Waals surface area contributed by atoms with Gasteiger partial charge in [0.25, 0.3) is 5.91 Å². The van der Waals surface area contributed by atoms with Crippen LogP contribution in [0.2, 0.25) is 0 Å². The number of likely N-dealkylation sites (N-methyl/N-ethyl adjacent to an activating group) is 1. The van der Waals surface area contributed by atoms with Gasteiger partial charge in [0.15, 0.2) is 17.2 Å². The van der Waals surface area contributed by atoms with E-state index in [4.69, 9.17) is 5.73 Å². The second-order valence-corrected chi connectivity index (χ2v) is 11.4. The van der Waals surface area contributed by atoms with Crippen LogP contribution in [0.4, 0.5) is 0 Å². The highest BCUT2D eigenvalue weighted by atomic mass is 16.4. The summed E-state index contributed by atoms with van der Waals surface area (Å²) in [4.78, 5) is 55.0. The monoisotopic (exact) mass is 542 g/mol. The fraction of sp³-hybridized carbons (Fsp3) is 0.556. The molecule has 0 spiro atoms. The summed E-state index contributed by atoms with van der Waals surface area (Å²) in [5.41, 5.74) is 1.84. The number of ketones is 2. The number of nitrogens with two attached hydrogens (primary N) is 1. The number of hydrogen-bond donors (Lipinski definition) is 6. The zero-order valence-corrected chi connectivity index (χ0v) is 21.9. The van der Waals surface area contributed by atoms with Crippen LogP contribution in [0.1, 0.15) is 25.7 Å². The second-order valence-electron chi connectivity index (χ2n) is 11.4. The van der Waals surface area contributed by atoms with Gasteiger partial charge in [-0.1, -0.05) is 6.08 Å². The minimum absolute atomic E-state index is 0.0489. The number of carbonyl (C=O) groups is 4. The number of carbonyl (C=O) groups excluding carboxylic acids is 4. The van der Waals surface area contributed by atoms with E-state index in [0.717, 1.165) is 25.9 Å². The Hall–Kier alpha value is -3.48.